The molecule has 0 aliphatic heterocycles. The summed E-state index contributed by atoms with van der Waals surface area (Å²) in [7, 11) is -3.79. The number of aryl methyl sites for hydroxylation is 1. The zero-order valence-corrected chi connectivity index (χ0v) is 9.12. The third-order valence-electron chi connectivity index (χ3n) is 1.48. The SMILES string of the molecule is Cc1cc(F)cc(Br)c1S(N)(=O)=O. The Morgan fingerprint density at radius 1 is 1.46 bits per heavy atom. The standard InChI is InChI=1S/C7H7BrFNO2S/c1-4-2-5(9)3-6(8)7(4)13(10,11)12/h2-3H,1H3,(H2,10,11,12). The molecule has 0 heterocycles. The Morgan fingerprint density at radius 3 is 2.38 bits per heavy atom. The highest BCUT2D eigenvalue weighted by Crippen LogP contribution is 2.25. The van der Waals surface area contributed by atoms with Gasteiger partial charge < -0.3 is 0 Å². The van der Waals surface area contributed by atoms with Crippen LogP contribution in [0.4, 0.5) is 4.39 Å². The van der Waals surface area contributed by atoms with Crippen LogP contribution in [0.15, 0.2) is 21.5 Å². The van der Waals surface area contributed by atoms with Crippen molar-refractivity contribution < 1.29 is 12.8 Å². The Labute approximate surface area is 83.9 Å². The highest BCUT2D eigenvalue weighted by Gasteiger charge is 2.16. The van der Waals surface area contributed by atoms with Gasteiger partial charge in [0.1, 0.15) is 5.82 Å². The number of primary sulfonamides is 1. The number of hydrogen-bond donors (Lipinski definition) is 1. The molecule has 0 saturated heterocycles. The third kappa shape index (κ3) is 2.26. The van der Waals surface area contributed by atoms with E-state index in [1.165, 1.54) is 6.92 Å². The molecule has 0 bridgehead atoms. The lowest BCUT2D eigenvalue weighted by molar-refractivity contribution is 0.594. The van der Waals surface area contributed by atoms with E-state index in [0.29, 0.717) is 0 Å². The van der Waals surface area contributed by atoms with Gasteiger partial charge in [-0.2, -0.15) is 0 Å². The van der Waals surface area contributed by atoms with Crippen LogP contribution < -0.4 is 5.14 Å². The Kier molecular flexibility index (Phi) is 2.74. The summed E-state index contributed by atoms with van der Waals surface area (Å²) in [5, 5.41) is 4.93. The van der Waals surface area contributed by atoms with Crippen LogP contribution in [-0.2, 0) is 10.0 Å². The Bertz CT molecular complexity index is 421. The summed E-state index contributed by atoms with van der Waals surface area (Å²) in [5.74, 6) is -0.503. The second-order valence-electron chi connectivity index (χ2n) is 2.58. The molecular weight excluding hydrogens is 261 g/mol. The molecule has 0 aromatic heterocycles. The molecule has 1 aromatic rings. The lowest BCUT2D eigenvalue weighted by atomic mass is 10.2. The quantitative estimate of drug-likeness (QED) is 0.839. The lowest BCUT2D eigenvalue weighted by Crippen LogP contribution is -2.14. The predicted octanol–water partition coefficient (Wildman–Crippen LogP) is 1.54. The first kappa shape index (κ1) is 10.6. The second kappa shape index (κ2) is 3.36. The molecule has 0 spiro atoms. The third-order valence-corrected chi connectivity index (χ3v) is 3.48. The van der Waals surface area contributed by atoms with Crippen molar-refractivity contribution in [3.8, 4) is 0 Å². The number of halogens is 2. The molecule has 1 rings (SSSR count). The van der Waals surface area contributed by atoms with Crippen LogP contribution >= 0.6 is 15.9 Å². The summed E-state index contributed by atoms with van der Waals surface area (Å²) >= 11 is 2.93. The Hall–Kier alpha value is -0.460. The molecule has 2 N–H and O–H groups in total. The molecular formula is C7H7BrFNO2S. The van der Waals surface area contributed by atoms with Crippen LogP contribution in [0.25, 0.3) is 0 Å². The fourth-order valence-corrected chi connectivity index (χ4v) is 3.10. The highest BCUT2D eigenvalue weighted by atomic mass is 79.9. The molecule has 0 saturated carbocycles. The van der Waals surface area contributed by atoms with Crippen LogP contribution in [0.3, 0.4) is 0 Å². The topological polar surface area (TPSA) is 60.2 Å². The van der Waals surface area contributed by atoms with E-state index in [4.69, 9.17) is 5.14 Å². The predicted molar refractivity (Wildman–Crippen MR) is 50.2 cm³/mol. The van der Waals surface area contributed by atoms with Gasteiger partial charge in [-0.25, -0.2) is 17.9 Å². The van der Waals surface area contributed by atoms with E-state index in [1.54, 1.807) is 0 Å². The van der Waals surface area contributed by atoms with Crippen molar-refractivity contribution in [2.45, 2.75) is 11.8 Å². The van der Waals surface area contributed by atoms with E-state index in [1.807, 2.05) is 0 Å². The maximum atomic E-state index is 12.7. The van der Waals surface area contributed by atoms with E-state index < -0.39 is 15.8 Å². The van der Waals surface area contributed by atoms with E-state index in [2.05, 4.69) is 15.9 Å². The maximum absolute atomic E-state index is 12.7. The first-order valence-electron chi connectivity index (χ1n) is 3.31. The first-order valence-corrected chi connectivity index (χ1v) is 5.65. The molecule has 3 nitrogen and oxygen atoms in total. The van der Waals surface area contributed by atoms with E-state index >= 15 is 0 Å². The molecule has 1 aromatic carbocycles. The van der Waals surface area contributed by atoms with Crippen molar-refractivity contribution in [3.63, 3.8) is 0 Å². The molecule has 0 radical (unpaired) electrons. The molecule has 0 amide bonds. The fraction of sp³-hybridized carbons (Fsp3) is 0.143. The minimum atomic E-state index is -3.79. The zero-order valence-electron chi connectivity index (χ0n) is 6.71. The van der Waals surface area contributed by atoms with Gasteiger partial charge in [0.25, 0.3) is 0 Å². The molecule has 72 valence electrons. The second-order valence-corrected chi connectivity index (χ2v) is 4.93. The fourth-order valence-electron chi connectivity index (χ4n) is 1.05. The minimum Gasteiger partial charge on any atom is -0.225 e. The average Bonchev–Trinajstić information content (AvgIpc) is 1.78. The van der Waals surface area contributed by atoms with E-state index in [9.17, 15) is 12.8 Å². The van der Waals surface area contributed by atoms with Crippen molar-refractivity contribution in [3.05, 3.63) is 28.0 Å². The number of rotatable bonds is 1. The lowest BCUT2D eigenvalue weighted by Gasteiger charge is -2.05. The number of sulfonamides is 1. The summed E-state index contributed by atoms with van der Waals surface area (Å²) in [4.78, 5) is -0.0751. The van der Waals surface area contributed by atoms with Gasteiger partial charge in [-0.05, 0) is 40.5 Å². The van der Waals surface area contributed by atoms with Gasteiger partial charge in [-0.3, -0.25) is 0 Å². The molecule has 0 aliphatic carbocycles. The van der Waals surface area contributed by atoms with Crippen LogP contribution in [0.5, 0.6) is 0 Å². The van der Waals surface area contributed by atoms with Gasteiger partial charge in [-0.15, -0.1) is 0 Å². The summed E-state index contributed by atoms with van der Waals surface area (Å²) in [6.45, 7) is 1.48. The number of benzene rings is 1. The molecule has 6 heteroatoms. The Balaban J connectivity index is 3.57. The molecule has 0 aliphatic rings. The van der Waals surface area contributed by atoms with E-state index in [0.717, 1.165) is 12.1 Å². The van der Waals surface area contributed by atoms with Gasteiger partial charge in [0.15, 0.2) is 0 Å². The monoisotopic (exact) mass is 267 g/mol. The highest BCUT2D eigenvalue weighted by molar-refractivity contribution is 9.10. The first-order chi connectivity index (χ1) is 5.82. The van der Waals surface area contributed by atoms with Crippen LogP contribution in [0.1, 0.15) is 5.56 Å². The zero-order chi connectivity index (χ0) is 10.2. The summed E-state index contributed by atoms with van der Waals surface area (Å²) < 4.78 is 34.9. The van der Waals surface area contributed by atoms with E-state index in [-0.39, 0.29) is 14.9 Å². The van der Waals surface area contributed by atoms with Crippen LogP contribution in [-0.4, -0.2) is 8.42 Å². The summed E-state index contributed by atoms with van der Waals surface area (Å²) in [6, 6.07) is 2.18. The Morgan fingerprint density at radius 2 is 2.00 bits per heavy atom. The summed E-state index contributed by atoms with van der Waals surface area (Å²) in [5.41, 5.74) is 0.286. The summed E-state index contributed by atoms with van der Waals surface area (Å²) in [6.07, 6.45) is 0. The van der Waals surface area contributed by atoms with Gasteiger partial charge in [-0.1, -0.05) is 0 Å². The van der Waals surface area contributed by atoms with Crippen molar-refractivity contribution in [1.29, 1.82) is 0 Å². The van der Waals surface area contributed by atoms with Crippen molar-refractivity contribution in [2.75, 3.05) is 0 Å². The molecule has 0 fully saturated rings. The smallest absolute Gasteiger partial charge is 0.225 e. The largest absolute Gasteiger partial charge is 0.239 e. The van der Waals surface area contributed by atoms with Gasteiger partial charge in [0.05, 0.1) is 4.90 Å². The van der Waals surface area contributed by atoms with Crippen molar-refractivity contribution in [2.24, 2.45) is 5.14 Å². The average molecular weight is 268 g/mol. The van der Waals surface area contributed by atoms with Gasteiger partial charge in [0.2, 0.25) is 10.0 Å². The number of hydrogen-bond acceptors (Lipinski definition) is 2. The maximum Gasteiger partial charge on any atom is 0.239 e. The minimum absolute atomic E-state index is 0.0751. The van der Waals surface area contributed by atoms with Crippen LogP contribution in [0, 0.1) is 12.7 Å². The van der Waals surface area contributed by atoms with Crippen LogP contribution in [0.2, 0.25) is 0 Å². The van der Waals surface area contributed by atoms with Gasteiger partial charge in [0, 0.05) is 4.47 Å². The van der Waals surface area contributed by atoms with Crippen molar-refractivity contribution in [1.82, 2.24) is 0 Å². The normalized spacial score (nSPS) is 11.7. The molecule has 0 atom stereocenters. The number of nitrogens with two attached hydrogens (primary N) is 1. The van der Waals surface area contributed by atoms with Gasteiger partial charge >= 0.3 is 0 Å². The van der Waals surface area contributed by atoms with Crippen molar-refractivity contribution >= 4 is 26.0 Å². The molecule has 13 heavy (non-hydrogen) atoms. The molecule has 0 unspecified atom stereocenters.